The summed E-state index contributed by atoms with van der Waals surface area (Å²) in [7, 11) is 0. The lowest BCUT2D eigenvalue weighted by Gasteiger charge is -2.08. The van der Waals surface area contributed by atoms with E-state index in [9.17, 15) is 9.18 Å². The molecule has 0 saturated heterocycles. The van der Waals surface area contributed by atoms with Crippen molar-refractivity contribution in [1.29, 1.82) is 0 Å². The summed E-state index contributed by atoms with van der Waals surface area (Å²) in [5.74, 6) is 0.369. The number of benzene rings is 2. The first kappa shape index (κ1) is 19.5. The van der Waals surface area contributed by atoms with Crippen molar-refractivity contribution in [3.05, 3.63) is 95.4 Å². The van der Waals surface area contributed by atoms with E-state index in [-0.39, 0.29) is 11.7 Å². The molecular weight excluding hydrogens is 353 g/mol. The summed E-state index contributed by atoms with van der Waals surface area (Å²) >= 11 is 0. The van der Waals surface area contributed by atoms with Gasteiger partial charge in [0.25, 0.3) is 5.91 Å². The van der Waals surface area contributed by atoms with Gasteiger partial charge in [0.15, 0.2) is 0 Å². The molecule has 0 aliphatic heterocycles. The number of carbonyl (C=O) groups excluding carboxylic acids is 1. The van der Waals surface area contributed by atoms with Crippen molar-refractivity contribution in [2.75, 3.05) is 18.4 Å². The molecule has 3 aromatic rings. The summed E-state index contributed by atoms with van der Waals surface area (Å²) in [6.45, 7) is 1.31. The quantitative estimate of drug-likeness (QED) is 0.549. The highest BCUT2D eigenvalue weighted by Gasteiger charge is 2.05. The first-order valence-corrected chi connectivity index (χ1v) is 9.47. The summed E-state index contributed by atoms with van der Waals surface area (Å²) in [6, 6.07) is 20.3. The molecule has 0 bridgehead atoms. The van der Waals surface area contributed by atoms with E-state index in [0.29, 0.717) is 24.5 Å². The topological polar surface area (TPSA) is 54.0 Å². The lowest BCUT2D eigenvalue weighted by molar-refractivity contribution is 0.0953. The molecule has 1 aromatic heterocycles. The number of halogens is 1. The number of hydrogen-bond acceptors (Lipinski definition) is 3. The van der Waals surface area contributed by atoms with Crippen LogP contribution in [0, 0.1) is 5.82 Å². The van der Waals surface area contributed by atoms with Gasteiger partial charge in [0, 0.05) is 19.3 Å². The molecule has 0 saturated carbocycles. The van der Waals surface area contributed by atoms with E-state index in [2.05, 4.69) is 27.8 Å². The van der Waals surface area contributed by atoms with Crippen LogP contribution in [0.15, 0.2) is 72.9 Å². The van der Waals surface area contributed by atoms with Gasteiger partial charge in [0.1, 0.15) is 11.6 Å². The monoisotopic (exact) mass is 377 g/mol. The number of aryl methyl sites for hydroxylation is 1. The van der Waals surface area contributed by atoms with Crippen LogP contribution in [0.3, 0.4) is 0 Å². The lowest BCUT2D eigenvalue weighted by atomic mass is 10.1. The molecule has 0 aliphatic rings. The van der Waals surface area contributed by atoms with Gasteiger partial charge >= 0.3 is 0 Å². The molecule has 0 fully saturated rings. The maximum atomic E-state index is 12.9. The van der Waals surface area contributed by atoms with Gasteiger partial charge in [-0.3, -0.25) is 4.79 Å². The van der Waals surface area contributed by atoms with Gasteiger partial charge in [-0.05, 0) is 54.7 Å². The molecule has 2 N–H and O–H groups in total. The van der Waals surface area contributed by atoms with Gasteiger partial charge in [-0.25, -0.2) is 9.37 Å². The first-order chi connectivity index (χ1) is 13.7. The van der Waals surface area contributed by atoms with E-state index in [0.717, 1.165) is 24.8 Å². The van der Waals surface area contributed by atoms with E-state index in [1.165, 1.54) is 17.7 Å². The fraction of sp³-hybridized carbons (Fsp3) is 0.217. The molecule has 0 radical (unpaired) electrons. The number of nitrogens with one attached hydrogen (secondary N) is 2. The zero-order valence-electron chi connectivity index (χ0n) is 15.7. The molecule has 0 unspecified atom stereocenters. The van der Waals surface area contributed by atoms with Crippen molar-refractivity contribution in [3.8, 4) is 0 Å². The third-order valence-corrected chi connectivity index (χ3v) is 4.43. The summed E-state index contributed by atoms with van der Waals surface area (Å²) in [4.78, 5) is 16.5. The van der Waals surface area contributed by atoms with Crippen LogP contribution in [0.2, 0.25) is 0 Å². The van der Waals surface area contributed by atoms with Crippen LogP contribution >= 0.6 is 0 Å². The summed E-state index contributed by atoms with van der Waals surface area (Å²) in [5, 5.41) is 6.14. The Balaban J connectivity index is 1.38. The predicted octanol–water partition coefficient (Wildman–Crippen LogP) is 4.24. The number of anilines is 1. The fourth-order valence-corrected chi connectivity index (χ4v) is 2.86. The molecule has 3 rings (SSSR count). The minimum atomic E-state index is -0.229. The lowest BCUT2D eigenvalue weighted by Crippen LogP contribution is -2.25. The largest absolute Gasteiger partial charge is 0.370 e. The molecule has 1 amide bonds. The first-order valence-electron chi connectivity index (χ1n) is 9.47. The average molecular weight is 377 g/mol. The van der Waals surface area contributed by atoms with E-state index in [1.54, 1.807) is 30.5 Å². The Bertz CT molecular complexity index is 865. The van der Waals surface area contributed by atoms with Crippen molar-refractivity contribution < 1.29 is 9.18 Å². The van der Waals surface area contributed by atoms with Crippen molar-refractivity contribution in [2.45, 2.75) is 19.3 Å². The number of aromatic nitrogens is 1. The molecule has 144 valence electrons. The van der Waals surface area contributed by atoms with E-state index in [4.69, 9.17) is 0 Å². The number of carbonyl (C=O) groups is 1. The third kappa shape index (κ3) is 6.20. The van der Waals surface area contributed by atoms with Gasteiger partial charge in [0.05, 0.1) is 5.56 Å². The van der Waals surface area contributed by atoms with Crippen LogP contribution in [0.25, 0.3) is 0 Å². The fourth-order valence-electron chi connectivity index (χ4n) is 2.86. The zero-order valence-corrected chi connectivity index (χ0v) is 15.7. The van der Waals surface area contributed by atoms with Gasteiger partial charge in [-0.2, -0.15) is 0 Å². The highest BCUT2D eigenvalue weighted by Crippen LogP contribution is 2.08. The highest BCUT2D eigenvalue weighted by atomic mass is 19.1. The number of hydrogen-bond donors (Lipinski definition) is 2. The second-order valence-corrected chi connectivity index (χ2v) is 6.58. The SMILES string of the molecule is O=C(NCCCc1ccccc1)c1ccc(NCCc2ccc(F)cc2)nc1. The van der Waals surface area contributed by atoms with Crippen molar-refractivity contribution in [1.82, 2.24) is 10.3 Å². The second kappa shape index (κ2) is 10.2. The number of nitrogens with zero attached hydrogens (tertiary/aromatic N) is 1. The number of rotatable bonds is 9. The van der Waals surface area contributed by atoms with Crippen molar-refractivity contribution >= 4 is 11.7 Å². The highest BCUT2D eigenvalue weighted by molar-refractivity contribution is 5.94. The van der Waals surface area contributed by atoms with Crippen molar-refractivity contribution in [2.24, 2.45) is 0 Å². The van der Waals surface area contributed by atoms with Gasteiger partial charge < -0.3 is 10.6 Å². The Morgan fingerprint density at radius 1 is 0.857 bits per heavy atom. The summed E-state index contributed by atoms with van der Waals surface area (Å²) in [5.41, 5.74) is 2.87. The Kier molecular flexibility index (Phi) is 7.13. The molecule has 4 nitrogen and oxygen atoms in total. The average Bonchev–Trinajstić information content (AvgIpc) is 2.74. The van der Waals surface area contributed by atoms with Crippen LogP contribution in [0.1, 0.15) is 27.9 Å². The number of pyridine rings is 1. The van der Waals surface area contributed by atoms with E-state index < -0.39 is 0 Å². The number of amides is 1. The van der Waals surface area contributed by atoms with Gasteiger partial charge in [0.2, 0.25) is 0 Å². The minimum Gasteiger partial charge on any atom is -0.370 e. The van der Waals surface area contributed by atoms with Crippen LogP contribution in [0.5, 0.6) is 0 Å². The van der Waals surface area contributed by atoms with E-state index >= 15 is 0 Å². The van der Waals surface area contributed by atoms with Crippen LogP contribution in [0.4, 0.5) is 10.2 Å². The molecule has 0 aliphatic carbocycles. The Morgan fingerprint density at radius 2 is 1.61 bits per heavy atom. The van der Waals surface area contributed by atoms with E-state index in [1.807, 2.05) is 18.2 Å². The van der Waals surface area contributed by atoms with Crippen LogP contribution in [-0.2, 0) is 12.8 Å². The predicted molar refractivity (Wildman–Crippen MR) is 110 cm³/mol. The molecule has 1 heterocycles. The normalized spacial score (nSPS) is 10.5. The minimum absolute atomic E-state index is 0.113. The molecule has 0 spiro atoms. The molecule has 2 aromatic carbocycles. The van der Waals surface area contributed by atoms with Crippen molar-refractivity contribution in [3.63, 3.8) is 0 Å². The Morgan fingerprint density at radius 3 is 2.32 bits per heavy atom. The Hall–Kier alpha value is -3.21. The maximum absolute atomic E-state index is 12.9. The van der Waals surface area contributed by atoms with Gasteiger partial charge in [-0.1, -0.05) is 42.5 Å². The Labute approximate surface area is 164 Å². The summed E-state index contributed by atoms with van der Waals surface area (Å²) in [6.07, 6.45) is 4.18. The maximum Gasteiger partial charge on any atom is 0.252 e. The molecule has 0 atom stereocenters. The summed E-state index contributed by atoms with van der Waals surface area (Å²) < 4.78 is 12.9. The van der Waals surface area contributed by atoms with Crippen LogP contribution < -0.4 is 10.6 Å². The molecule has 28 heavy (non-hydrogen) atoms. The smallest absolute Gasteiger partial charge is 0.252 e. The third-order valence-electron chi connectivity index (χ3n) is 4.43. The zero-order chi connectivity index (χ0) is 19.6. The standard InChI is InChI=1S/C23H24FN3O/c24-21-11-8-19(9-12-21)14-16-25-22-13-10-20(17-27-22)23(28)26-15-4-7-18-5-2-1-3-6-18/h1-3,5-6,8-13,17H,4,7,14-16H2,(H,25,27)(H,26,28). The van der Waals surface area contributed by atoms with Gasteiger partial charge in [-0.15, -0.1) is 0 Å². The second-order valence-electron chi connectivity index (χ2n) is 6.58. The molecule has 5 heteroatoms. The van der Waals surface area contributed by atoms with Crippen LogP contribution in [-0.4, -0.2) is 24.0 Å². The molecular formula is C23H24FN3O.